The number of phenols is 1. The molecule has 7 heteroatoms. The van der Waals surface area contributed by atoms with Crippen LogP contribution < -0.4 is 5.73 Å². The number of benzene rings is 1. The maximum atomic E-state index is 10.4. The van der Waals surface area contributed by atoms with Gasteiger partial charge >= 0.3 is 5.97 Å². The summed E-state index contributed by atoms with van der Waals surface area (Å²) in [6, 6.07) is 5.42. The van der Waals surface area contributed by atoms with Gasteiger partial charge in [0, 0.05) is 0 Å². The molecule has 1 aromatic rings. The lowest BCUT2D eigenvalue weighted by atomic mass is 10.1. The number of nitrogens with two attached hydrogens (primary N) is 1. The van der Waals surface area contributed by atoms with E-state index in [0.29, 0.717) is 0 Å². The van der Waals surface area contributed by atoms with Gasteiger partial charge in [0.15, 0.2) is 0 Å². The van der Waals surface area contributed by atoms with Crippen LogP contribution in [0, 0.1) is 0 Å². The van der Waals surface area contributed by atoms with E-state index >= 15 is 0 Å². The van der Waals surface area contributed by atoms with Gasteiger partial charge in [0.1, 0.15) is 11.8 Å². The van der Waals surface area contributed by atoms with Gasteiger partial charge in [0.25, 0.3) is 0 Å². The maximum absolute atomic E-state index is 10.4. The molecule has 0 heterocycles. The summed E-state index contributed by atoms with van der Waals surface area (Å²) >= 11 is 0. The molecule has 0 aromatic heterocycles. The van der Waals surface area contributed by atoms with Crippen molar-refractivity contribution in [3.8, 4) is 5.75 Å². The summed E-state index contributed by atoms with van der Waals surface area (Å²) in [7, 11) is 0. The molecule has 0 aliphatic carbocycles. The molecule has 1 atom stereocenters. The van der Waals surface area contributed by atoms with Crippen molar-refractivity contribution >= 4 is 5.97 Å². The number of phenolic OH excluding ortho intramolecular Hbond substituents is 1. The summed E-state index contributed by atoms with van der Waals surface area (Å²) in [5.74, 6) is -0.860. The number of carboxylic acids is 1. The van der Waals surface area contributed by atoms with Gasteiger partial charge in [-0.3, -0.25) is 18.9 Å². The smallest absolute Gasteiger partial charge is 0.320 e. The van der Waals surface area contributed by atoms with Crippen LogP contribution in [0.5, 0.6) is 5.75 Å². The molecule has 4 N–H and O–H groups in total. The Bertz CT molecular complexity index is 305. The Labute approximate surface area is 89.8 Å². The monoisotopic (exact) mass is 241 g/mol. The molecular formula is C9H14F3NO3. The first-order valence-corrected chi connectivity index (χ1v) is 3.86. The van der Waals surface area contributed by atoms with Crippen molar-refractivity contribution in [3.63, 3.8) is 0 Å². The minimum Gasteiger partial charge on any atom is -0.508 e. The topological polar surface area (TPSA) is 83.5 Å². The summed E-state index contributed by atoms with van der Waals surface area (Å²) in [6.07, 6.45) is 0.273. The predicted molar refractivity (Wildman–Crippen MR) is 54.9 cm³/mol. The molecule has 0 fully saturated rings. The summed E-state index contributed by atoms with van der Waals surface area (Å²) in [5, 5.41) is 17.5. The molecule has 0 saturated carbocycles. The second kappa shape index (κ2) is 8.54. The van der Waals surface area contributed by atoms with Crippen molar-refractivity contribution in [2.24, 2.45) is 5.73 Å². The van der Waals surface area contributed by atoms with Crippen LogP contribution in [-0.2, 0) is 11.2 Å². The lowest BCUT2D eigenvalue weighted by Crippen LogP contribution is -2.32. The van der Waals surface area contributed by atoms with E-state index in [1.54, 1.807) is 12.1 Å². The van der Waals surface area contributed by atoms with Crippen LogP contribution >= 0.6 is 0 Å². The first-order valence-electron chi connectivity index (χ1n) is 3.86. The molecule has 0 spiro atoms. The zero-order chi connectivity index (χ0) is 9.84. The van der Waals surface area contributed by atoms with E-state index in [0.717, 1.165) is 5.56 Å². The molecule has 0 amide bonds. The number of aromatic hydroxyl groups is 1. The van der Waals surface area contributed by atoms with Crippen molar-refractivity contribution in [2.75, 3.05) is 0 Å². The third-order valence-corrected chi connectivity index (χ3v) is 1.71. The van der Waals surface area contributed by atoms with E-state index in [9.17, 15) is 4.79 Å². The van der Waals surface area contributed by atoms with Gasteiger partial charge in [-0.25, -0.2) is 0 Å². The minimum atomic E-state index is -1.02. The van der Waals surface area contributed by atoms with Crippen LogP contribution in [0.2, 0.25) is 0 Å². The highest BCUT2D eigenvalue weighted by Gasteiger charge is 2.11. The Morgan fingerprint density at radius 2 is 1.62 bits per heavy atom. The molecule has 0 bridgehead atoms. The quantitative estimate of drug-likeness (QED) is 0.731. The van der Waals surface area contributed by atoms with Crippen molar-refractivity contribution in [1.29, 1.82) is 0 Å². The molecule has 0 aliphatic rings. The molecule has 1 aromatic carbocycles. The molecule has 0 aliphatic heterocycles. The number of rotatable bonds is 3. The maximum Gasteiger partial charge on any atom is 0.320 e. The fourth-order valence-corrected chi connectivity index (χ4v) is 0.973. The number of hydrogen-bond acceptors (Lipinski definition) is 3. The first-order chi connectivity index (χ1) is 6.09. The Morgan fingerprint density at radius 3 is 2.00 bits per heavy atom. The highest BCUT2D eigenvalue weighted by atomic mass is 19.0. The molecule has 0 saturated heterocycles. The third-order valence-electron chi connectivity index (χ3n) is 1.71. The Hall–Kier alpha value is -1.76. The Balaban J connectivity index is -0.000000563. The fraction of sp³-hybridized carbons (Fsp3) is 0.222. The summed E-state index contributed by atoms with van der Waals surface area (Å²) in [6.45, 7) is 0. The van der Waals surface area contributed by atoms with E-state index in [1.165, 1.54) is 12.1 Å². The average Bonchev–Trinajstić information content (AvgIpc) is 2.08. The minimum absolute atomic E-state index is 0. The highest BCUT2D eigenvalue weighted by molar-refractivity contribution is 5.73. The molecule has 94 valence electrons. The normalized spacial score (nSPS) is 10.1. The predicted octanol–water partition coefficient (Wildman–Crippen LogP) is 0.804. The van der Waals surface area contributed by atoms with Crippen LogP contribution in [0.1, 0.15) is 5.56 Å². The number of hydrogen-bond donors (Lipinski definition) is 3. The SMILES string of the molecule is F.F.F.NC(Cc1ccc(O)cc1)C(=O)O. The van der Waals surface area contributed by atoms with Crippen molar-refractivity contribution < 1.29 is 29.1 Å². The van der Waals surface area contributed by atoms with Gasteiger partial charge < -0.3 is 15.9 Å². The standard InChI is InChI=1S/C9H11NO3.3FH/c10-8(9(12)13)5-6-1-3-7(11)4-2-6;;;/h1-4,8,11H,5,10H2,(H,12,13);3*1H. The second-order valence-corrected chi connectivity index (χ2v) is 2.82. The molecule has 0 radical (unpaired) electrons. The second-order valence-electron chi connectivity index (χ2n) is 2.82. The summed E-state index contributed by atoms with van der Waals surface area (Å²) in [5.41, 5.74) is 6.12. The number of aliphatic carboxylic acids is 1. The molecule has 1 rings (SSSR count). The lowest BCUT2D eigenvalue weighted by Gasteiger charge is -2.05. The molecule has 1 unspecified atom stereocenters. The Morgan fingerprint density at radius 1 is 1.19 bits per heavy atom. The van der Waals surface area contributed by atoms with Crippen molar-refractivity contribution in [1.82, 2.24) is 0 Å². The van der Waals surface area contributed by atoms with Gasteiger partial charge in [0.05, 0.1) is 0 Å². The zero-order valence-corrected chi connectivity index (χ0v) is 8.20. The van der Waals surface area contributed by atoms with E-state index in [-0.39, 0.29) is 26.3 Å². The van der Waals surface area contributed by atoms with Gasteiger partial charge in [-0.2, -0.15) is 0 Å². The van der Waals surface area contributed by atoms with Crippen molar-refractivity contribution in [2.45, 2.75) is 12.5 Å². The summed E-state index contributed by atoms with van der Waals surface area (Å²) in [4.78, 5) is 10.4. The number of halogens is 3. The fourth-order valence-electron chi connectivity index (χ4n) is 0.973. The number of carbonyl (C=O) groups is 1. The first kappa shape index (κ1) is 19.8. The van der Waals surface area contributed by atoms with Crippen LogP contribution in [0.4, 0.5) is 14.1 Å². The van der Waals surface area contributed by atoms with Gasteiger partial charge in [-0.1, -0.05) is 12.1 Å². The third kappa shape index (κ3) is 5.86. The average molecular weight is 241 g/mol. The molecule has 16 heavy (non-hydrogen) atoms. The van der Waals surface area contributed by atoms with E-state index < -0.39 is 12.0 Å². The van der Waals surface area contributed by atoms with Crippen LogP contribution in [0.15, 0.2) is 24.3 Å². The van der Waals surface area contributed by atoms with Crippen LogP contribution in [-0.4, -0.2) is 22.2 Å². The highest BCUT2D eigenvalue weighted by Crippen LogP contribution is 2.10. The molecular weight excluding hydrogens is 227 g/mol. The zero-order valence-electron chi connectivity index (χ0n) is 8.20. The van der Waals surface area contributed by atoms with Gasteiger partial charge in [-0.05, 0) is 24.1 Å². The molecule has 4 nitrogen and oxygen atoms in total. The van der Waals surface area contributed by atoms with Crippen LogP contribution in [0.25, 0.3) is 0 Å². The van der Waals surface area contributed by atoms with Crippen molar-refractivity contribution in [3.05, 3.63) is 29.8 Å². The van der Waals surface area contributed by atoms with Gasteiger partial charge in [-0.15, -0.1) is 0 Å². The van der Waals surface area contributed by atoms with E-state index in [4.69, 9.17) is 15.9 Å². The van der Waals surface area contributed by atoms with E-state index in [1.807, 2.05) is 0 Å². The Kier molecular flexibility index (Phi) is 10.5. The van der Waals surface area contributed by atoms with Gasteiger partial charge in [0.2, 0.25) is 0 Å². The van der Waals surface area contributed by atoms with E-state index in [2.05, 4.69) is 0 Å². The largest absolute Gasteiger partial charge is 0.508 e. The lowest BCUT2D eigenvalue weighted by molar-refractivity contribution is -0.138. The van der Waals surface area contributed by atoms with Crippen LogP contribution in [0.3, 0.4) is 0 Å². The summed E-state index contributed by atoms with van der Waals surface area (Å²) < 4.78 is 0. The number of carboxylic acid groups (broad SMARTS) is 1.